The summed E-state index contributed by atoms with van der Waals surface area (Å²) in [6, 6.07) is 7.66. The molecule has 0 spiro atoms. The molecule has 176 valence electrons. The van der Waals surface area contributed by atoms with Crippen LogP contribution in [0.2, 0.25) is 5.02 Å². The van der Waals surface area contributed by atoms with Crippen molar-refractivity contribution < 1.29 is 37.3 Å². The van der Waals surface area contributed by atoms with Crippen LogP contribution < -0.4 is 14.8 Å². The number of aliphatic hydroxyl groups is 1. The maximum absolute atomic E-state index is 13.3. The number of amides is 1. The minimum atomic E-state index is -4.85. The number of hydrogen-bond donors (Lipinski definition) is 2. The number of rotatable bonds is 7. The number of ether oxygens (including phenoxy) is 2. The Balaban J connectivity index is 2.08. The highest BCUT2D eigenvalue weighted by Crippen LogP contribution is 2.35. The summed E-state index contributed by atoms with van der Waals surface area (Å²) >= 11 is 6.26. The van der Waals surface area contributed by atoms with E-state index >= 15 is 0 Å². The van der Waals surface area contributed by atoms with Gasteiger partial charge >= 0.3 is 6.36 Å². The van der Waals surface area contributed by atoms with Crippen LogP contribution in [0.4, 0.5) is 13.2 Å². The first-order chi connectivity index (χ1) is 15.6. The number of hydrogen-bond acceptors (Lipinski definition) is 5. The van der Waals surface area contributed by atoms with Gasteiger partial charge in [0.15, 0.2) is 0 Å². The van der Waals surface area contributed by atoms with Crippen molar-refractivity contribution in [2.45, 2.75) is 19.7 Å². The van der Waals surface area contributed by atoms with Gasteiger partial charge in [0, 0.05) is 23.2 Å². The van der Waals surface area contributed by atoms with Gasteiger partial charge in [-0.05, 0) is 48.9 Å². The van der Waals surface area contributed by atoms with Crippen molar-refractivity contribution in [3.05, 3.63) is 58.2 Å². The van der Waals surface area contributed by atoms with Gasteiger partial charge in [-0.3, -0.25) is 14.2 Å². The molecule has 2 N–H and O–H groups in total. The minimum absolute atomic E-state index is 0.0776. The lowest BCUT2D eigenvalue weighted by molar-refractivity contribution is -0.274. The van der Waals surface area contributed by atoms with E-state index in [0.29, 0.717) is 27.9 Å². The molecule has 1 heterocycles. The summed E-state index contributed by atoms with van der Waals surface area (Å²) in [6.45, 7) is 1.51. The second kappa shape index (κ2) is 9.72. The normalized spacial score (nSPS) is 11.5. The van der Waals surface area contributed by atoms with Gasteiger partial charge in [0.25, 0.3) is 5.91 Å². The van der Waals surface area contributed by atoms with E-state index in [-0.39, 0.29) is 36.1 Å². The third-order valence-electron chi connectivity index (χ3n) is 4.92. The lowest BCUT2D eigenvalue weighted by atomic mass is 10.1. The van der Waals surface area contributed by atoms with Gasteiger partial charge in [-0.2, -0.15) is 0 Å². The summed E-state index contributed by atoms with van der Waals surface area (Å²) in [5.41, 5.74) is 1.51. The number of alkyl halides is 3. The molecule has 11 heteroatoms. The van der Waals surface area contributed by atoms with Crippen molar-refractivity contribution in [3.63, 3.8) is 0 Å². The van der Waals surface area contributed by atoms with Crippen molar-refractivity contribution in [3.8, 4) is 11.5 Å². The van der Waals surface area contributed by atoms with Crippen LogP contribution in [0.25, 0.3) is 10.9 Å². The van der Waals surface area contributed by atoms with Crippen molar-refractivity contribution in [1.82, 2.24) is 9.88 Å². The van der Waals surface area contributed by atoms with Gasteiger partial charge < -0.3 is 19.9 Å². The van der Waals surface area contributed by atoms with Gasteiger partial charge in [0.2, 0.25) is 5.91 Å². The number of halogens is 4. The molecule has 3 rings (SSSR count). The molecule has 0 aliphatic carbocycles. The van der Waals surface area contributed by atoms with Crippen molar-refractivity contribution in [2.24, 2.45) is 0 Å². The zero-order valence-electron chi connectivity index (χ0n) is 17.6. The van der Waals surface area contributed by atoms with Gasteiger partial charge in [-0.25, -0.2) is 0 Å². The first-order valence-electron chi connectivity index (χ1n) is 9.71. The summed E-state index contributed by atoms with van der Waals surface area (Å²) < 4.78 is 47.7. The second-order valence-electron chi connectivity index (χ2n) is 7.03. The van der Waals surface area contributed by atoms with Crippen LogP contribution in [-0.2, 0) is 11.2 Å². The number of aromatic nitrogens is 1. The van der Waals surface area contributed by atoms with Crippen LogP contribution in [0.1, 0.15) is 21.6 Å². The summed E-state index contributed by atoms with van der Waals surface area (Å²) in [4.78, 5) is 25.6. The van der Waals surface area contributed by atoms with E-state index in [0.717, 1.165) is 12.1 Å². The van der Waals surface area contributed by atoms with Crippen LogP contribution in [0.3, 0.4) is 0 Å². The summed E-state index contributed by atoms with van der Waals surface area (Å²) in [5, 5.41) is 12.3. The topological polar surface area (TPSA) is 89.8 Å². The fourth-order valence-electron chi connectivity index (χ4n) is 3.47. The molecule has 1 amide bonds. The molecule has 7 nitrogen and oxygen atoms in total. The van der Waals surface area contributed by atoms with Crippen LogP contribution in [0, 0.1) is 6.92 Å². The second-order valence-corrected chi connectivity index (χ2v) is 7.44. The predicted molar refractivity (Wildman–Crippen MR) is 115 cm³/mol. The molecule has 0 aliphatic rings. The van der Waals surface area contributed by atoms with Crippen LogP contribution >= 0.6 is 11.6 Å². The van der Waals surface area contributed by atoms with Gasteiger partial charge in [0.1, 0.15) is 11.5 Å². The third kappa shape index (κ3) is 5.40. The average Bonchev–Trinajstić information content (AvgIpc) is 3.00. The van der Waals surface area contributed by atoms with Crippen LogP contribution in [-0.4, -0.2) is 48.1 Å². The standard InChI is InChI=1S/C22H20ClF3N2O5/c1-12-15(10-20(30)27-7-8-29)16-9-19(32-2)17(23)11-18(16)28(12)21(31)13-3-5-14(6-4-13)33-22(24,25)26/h3-6,9,11,29H,7-8,10H2,1-2H3,(H,27,30). The Morgan fingerprint density at radius 1 is 1.18 bits per heavy atom. The summed E-state index contributed by atoms with van der Waals surface area (Å²) in [7, 11) is 1.43. The van der Waals surface area contributed by atoms with E-state index in [1.807, 2.05) is 0 Å². The van der Waals surface area contributed by atoms with Crippen molar-refractivity contribution in [1.29, 1.82) is 0 Å². The van der Waals surface area contributed by atoms with Crippen molar-refractivity contribution >= 4 is 34.3 Å². The summed E-state index contributed by atoms with van der Waals surface area (Å²) in [5.74, 6) is -0.998. The molecule has 0 saturated heterocycles. The average molecular weight is 485 g/mol. The highest BCUT2D eigenvalue weighted by molar-refractivity contribution is 6.33. The molecule has 1 aromatic heterocycles. The lowest BCUT2D eigenvalue weighted by Gasteiger charge is -2.11. The van der Waals surface area contributed by atoms with Crippen molar-refractivity contribution in [2.75, 3.05) is 20.3 Å². The number of nitrogens with one attached hydrogen (secondary N) is 1. The molecule has 3 aromatic rings. The predicted octanol–water partition coefficient (Wildman–Crippen LogP) is 3.85. The molecule has 0 saturated carbocycles. The highest BCUT2D eigenvalue weighted by Gasteiger charge is 2.31. The van der Waals surface area contributed by atoms with Gasteiger partial charge in [-0.1, -0.05) is 11.6 Å². The first kappa shape index (κ1) is 24.4. The molecular weight excluding hydrogens is 465 g/mol. The number of nitrogens with zero attached hydrogens (tertiary/aromatic N) is 1. The Hall–Kier alpha value is -3.24. The fraction of sp³-hybridized carbons (Fsp3) is 0.273. The highest BCUT2D eigenvalue weighted by atomic mass is 35.5. The monoisotopic (exact) mass is 484 g/mol. The Labute approximate surface area is 191 Å². The molecular formula is C22H20ClF3N2O5. The Morgan fingerprint density at radius 2 is 1.85 bits per heavy atom. The molecule has 0 aliphatic heterocycles. The third-order valence-corrected chi connectivity index (χ3v) is 5.21. The fourth-order valence-corrected chi connectivity index (χ4v) is 3.70. The number of fused-ring (bicyclic) bond motifs is 1. The number of carbonyl (C=O) groups is 2. The quantitative estimate of drug-likeness (QED) is 0.532. The van der Waals surface area contributed by atoms with Crippen LogP contribution in [0.15, 0.2) is 36.4 Å². The maximum Gasteiger partial charge on any atom is 0.573 e. The molecule has 0 bridgehead atoms. The van der Waals surface area contributed by atoms with E-state index in [1.165, 1.54) is 29.9 Å². The molecule has 0 unspecified atom stereocenters. The molecule has 0 radical (unpaired) electrons. The molecule has 2 aromatic carbocycles. The number of aliphatic hydroxyl groups excluding tert-OH is 1. The Kier molecular flexibility index (Phi) is 7.19. The molecule has 0 fully saturated rings. The molecule has 0 atom stereocenters. The van der Waals surface area contributed by atoms with Gasteiger partial charge in [0.05, 0.1) is 30.7 Å². The number of benzene rings is 2. The zero-order valence-corrected chi connectivity index (χ0v) is 18.4. The van der Waals surface area contributed by atoms with E-state index in [1.54, 1.807) is 13.0 Å². The van der Waals surface area contributed by atoms with Crippen LogP contribution in [0.5, 0.6) is 11.5 Å². The SMILES string of the molecule is COc1cc2c(CC(=O)NCCO)c(C)n(C(=O)c3ccc(OC(F)(F)F)cc3)c2cc1Cl. The number of methoxy groups -OCH3 is 1. The van der Waals surface area contributed by atoms with Gasteiger partial charge in [-0.15, -0.1) is 13.2 Å². The van der Waals surface area contributed by atoms with E-state index in [2.05, 4.69) is 10.1 Å². The zero-order chi connectivity index (χ0) is 24.3. The minimum Gasteiger partial charge on any atom is -0.495 e. The van der Waals surface area contributed by atoms with E-state index < -0.39 is 18.0 Å². The first-order valence-corrected chi connectivity index (χ1v) is 10.1. The largest absolute Gasteiger partial charge is 0.573 e. The Morgan fingerprint density at radius 3 is 2.42 bits per heavy atom. The maximum atomic E-state index is 13.3. The smallest absolute Gasteiger partial charge is 0.495 e. The summed E-state index contributed by atoms with van der Waals surface area (Å²) in [6.07, 6.45) is -4.92. The molecule has 33 heavy (non-hydrogen) atoms. The van der Waals surface area contributed by atoms with E-state index in [4.69, 9.17) is 21.4 Å². The lowest BCUT2D eigenvalue weighted by Crippen LogP contribution is -2.28. The Bertz CT molecular complexity index is 1190. The van der Waals surface area contributed by atoms with E-state index in [9.17, 15) is 22.8 Å². The number of carbonyl (C=O) groups excluding carboxylic acids is 2.